The molecule has 0 bridgehead atoms. The number of rotatable bonds is 5. The summed E-state index contributed by atoms with van der Waals surface area (Å²) in [6.45, 7) is 1.32. The lowest BCUT2D eigenvalue weighted by molar-refractivity contribution is 0.586. The van der Waals surface area contributed by atoms with E-state index in [1.54, 1.807) is 10.7 Å². The third-order valence-corrected chi connectivity index (χ3v) is 3.15. The zero-order chi connectivity index (χ0) is 13.0. The van der Waals surface area contributed by atoms with E-state index in [1.165, 1.54) is 6.07 Å². The number of nitrogens with one attached hydrogen (secondary N) is 1. The molecule has 0 fully saturated rings. The first-order chi connectivity index (χ1) is 8.65. The van der Waals surface area contributed by atoms with Gasteiger partial charge in [0, 0.05) is 42.8 Å². The average Bonchev–Trinajstić information content (AvgIpc) is 2.73. The van der Waals surface area contributed by atoms with Crippen LogP contribution in [0.25, 0.3) is 0 Å². The second kappa shape index (κ2) is 6.11. The smallest absolute Gasteiger partial charge is 0.128 e. The standard InChI is InChI=1S/C13H15BrFN3/c1-18-7-5-12(17-18)4-6-16-9-10-2-3-11(14)8-13(10)15/h2-3,5,7-8,16H,4,6,9H2,1H3. The Hall–Kier alpha value is -1.20. The van der Waals surface area contributed by atoms with Gasteiger partial charge in [0.1, 0.15) is 5.82 Å². The molecule has 1 aromatic heterocycles. The Morgan fingerprint density at radius 3 is 2.89 bits per heavy atom. The summed E-state index contributed by atoms with van der Waals surface area (Å²) >= 11 is 3.24. The van der Waals surface area contributed by atoms with Crippen molar-refractivity contribution in [2.75, 3.05) is 6.54 Å². The molecule has 96 valence electrons. The molecular formula is C13H15BrFN3. The monoisotopic (exact) mass is 311 g/mol. The molecule has 1 N–H and O–H groups in total. The van der Waals surface area contributed by atoms with Gasteiger partial charge in [-0.2, -0.15) is 5.10 Å². The maximum absolute atomic E-state index is 13.5. The molecule has 0 atom stereocenters. The van der Waals surface area contributed by atoms with Gasteiger partial charge in [-0.1, -0.05) is 22.0 Å². The van der Waals surface area contributed by atoms with Gasteiger partial charge in [0.05, 0.1) is 5.69 Å². The summed E-state index contributed by atoms with van der Waals surface area (Å²) in [4.78, 5) is 0. The van der Waals surface area contributed by atoms with Crippen molar-refractivity contribution in [3.05, 3.63) is 52.0 Å². The van der Waals surface area contributed by atoms with Crippen molar-refractivity contribution >= 4 is 15.9 Å². The molecule has 0 aliphatic rings. The van der Waals surface area contributed by atoms with E-state index in [0.717, 1.165) is 23.1 Å². The Kier molecular flexibility index (Phi) is 4.49. The molecule has 0 amide bonds. The average molecular weight is 312 g/mol. The highest BCUT2D eigenvalue weighted by Gasteiger charge is 2.02. The Morgan fingerprint density at radius 2 is 2.22 bits per heavy atom. The third kappa shape index (κ3) is 3.65. The van der Waals surface area contributed by atoms with Crippen molar-refractivity contribution < 1.29 is 4.39 Å². The van der Waals surface area contributed by atoms with Crippen molar-refractivity contribution in [3.8, 4) is 0 Å². The highest BCUT2D eigenvalue weighted by atomic mass is 79.9. The van der Waals surface area contributed by atoms with E-state index in [1.807, 2.05) is 25.4 Å². The Morgan fingerprint density at radius 1 is 1.39 bits per heavy atom. The molecule has 0 saturated heterocycles. The van der Waals surface area contributed by atoms with Crippen molar-refractivity contribution in [2.24, 2.45) is 7.05 Å². The fourth-order valence-corrected chi connectivity index (χ4v) is 2.03. The summed E-state index contributed by atoms with van der Waals surface area (Å²) in [7, 11) is 1.90. The number of aromatic nitrogens is 2. The van der Waals surface area contributed by atoms with Crippen molar-refractivity contribution in [2.45, 2.75) is 13.0 Å². The van der Waals surface area contributed by atoms with E-state index in [2.05, 4.69) is 26.3 Å². The molecule has 2 aromatic rings. The fourth-order valence-electron chi connectivity index (χ4n) is 1.70. The van der Waals surface area contributed by atoms with Gasteiger partial charge in [-0.25, -0.2) is 4.39 Å². The molecule has 0 spiro atoms. The summed E-state index contributed by atoms with van der Waals surface area (Å²) in [5, 5.41) is 7.50. The van der Waals surface area contributed by atoms with Crippen LogP contribution in [0.15, 0.2) is 34.9 Å². The van der Waals surface area contributed by atoms with E-state index in [9.17, 15) is 4.39 Å². The molecule has 0 saturated carbocycles. The van der Waals surface area contributed by atoms with Crippen LogP contribution >= 0.6 is 15.9 Å². The predicted molar refractivity (Wildman–Crippen MR) is 72.7 cm³/mol. The second-order valence-corrected chi connectivity index (χ2v) is 5.06. The zero-order valence-corrected chi connectivity index (χ0v) is 11.7. The molecule has 18 heavy (non-hydrogen) atoms. The SMILES string of the molecule is Cn1ccc(CCNCc2ccc(Br)cc2F)n1. The van der Waals surface area contributed by atoms with Crippen LogP contribution < -0.4 is 5.32 Å². The van der Waals surface area contributed by atoms with E-state index in [-0.39, 0.29) is 5.82 Å². The van der Waals surface area contributed by atoms with Gasteiger partial charge in [-0.15, -0.1) is 0 Å². The van der Waals surface area contributed by atoms with Crippen LogP contribution in [0, 0.1) is 5.82 Å². The Balaban J connectivity index is 1.78. The van der Waals surface area contributed by atoms with Crippen molar-refractivity contribution in [3.63, 3.8) is 0 Å². The minimum absolute atomic E-state index is 0.185. The van der Waals surface area contributed by atoms with Crippen molar-refractivity contribution in [1.29, 1.82) is 0 Å². The number of nitrogens with zero attached hydrogens (tertiary/aromatic N) is 2. The van der Waals surface area contributed by atoms with Gasteiger partial charge < -0.3 is 5.32 Å². The maximum atomic E-state index is 13.5. The molecule has 0 aliphatic heterocycles. The zero-order valence-electron chi connectivity index (χ0n) is 10.2. The van der Waals surface area contributed by atoms with Crippen molar-refractivity contribution in [1.82, 2.24) is 15.1 Å². The summed E-state index contributed by atoms with van der Waals surface area (Å²) in [6, 6.07) is 7.10. The summed E-state index contributed by atoms with van der Waals surface area (Å²) in [5.74, 6) is -0.185. The van der Waals surface area contributed by atoms with E-state index < -0.39 is 0 Å². The first kappa shape index (κ1) is 13.2. The van der Waals surface area contributed by atoms with Crippen LogP contribution in [0.1, 0.15) is 11.3 Å². The van der Waals surface area contributed by atoms with Gasteiger partial charge in [-0.3, -0.25) is 4.68 Å². The van der Waals surface area contributed by atoms with Crippen LogP contribution in [0.2, 0.25) is 0 Å². The Labute approximate surface area is 114 Å². The van der Waals surface area contributed by atoms with Gasteiger partial charge in [0.2, 0.25) is 0 Å². The topological polar surface area (TPSA) is 29.9 Å². The molecule has 2 rings (SSSR count). The molecule has 1 aromatic carbocycles. The molecule has 5 heteroatoms. The van der Waals surface area contributed by atoms with Crippen LogP contribution in [0.4, 0.5) is 4.39 Å². The minimum atomic E-state index is -0.185. The number of benzene rings is 1. The molecule has 0 unspecified atom stereocenters. The molecule has 0 aliphatic carbocycles. The lowest BCUT2D eigenvalue weighted by atomic mass is 10.2. The molecule has 3 nitrogen and oxygen atoms in total. The highest BCUT2D eigenvalue weighted by molar-refractivity contribution is 9.10. The number of hydrogen-bond acceptors (Lipinski definition) is 2. The quantitative estimate of drug-likeness (QED) is 0.860. The first-order valence-electron chi connectivity index (χ1n) is 5.78. The Bertz CT molecular complexity index is 525. The van der Waals surface area contributed by atoms with Gasteiger partial charge in [-0.05, 0) is 18.2 Å². The van der Waals surface area contributed by atoms with Crippen LogP contribution in [-0.2, 0) is 20.0 Å². The summed E-state index contributed by atoms with van der Waals surface area (Å²) in [6.07, 6.45) is 2.77. The van der Waals surface area contributed by atoms with Gasteiger partial charge in [0.15, 0.2) is 0 Å². The lowest BCUT2D eigenvalue weighted by Gasteiger charge is -2.05. The van der Waals surface area contributed by atoms with E-state index in [0.29, 0.717) is 12.1 Å². The maximum Gasteiger partial charge on any atom is 0.128 e. The summed E-state index contributed by atoms with van der Waals surface area (Å²) in [5.41, 5.74) is 1.72. The first-order valence-corrected chi connectivity index (χ1v) is 6.57. The second-order valence-electron chi connectivity index (χ2n) is 4.14. The largest absolute Gasteiger partial charge is 0.312 e. The van der Waals surface area contributed by atoms with E-state index in [4.69, 9.17) is 0 Å². The van der Waals surface area contributed by atoms with Crippen LogP contribution in [-0.4, -0.2) is 16.3 Å². The van der Waals surface area contributed by atoms with Gasteiger partial charge in [0.25, 0.3) is 0 Å². The van der Waals surface area contributed by atoms with Crippen LogP contribution in [0.5, 0.6) is 0 Å². The predicted octanol–water partition coefficient (Wildman–Crippen LogP) is 2.65. The van der Waals surface area contributed by atoms with E-state index >= 15 is 0 Å². The minimum Gasteiger partial charge on any atom is -0.312 e. The normalized spacial score (nSPS) is 10.8. The van der Waals surface area contributed by atoms with Gasteiger partial charge >= 0.3 is 0 Å². The lowest BCUT2D eigenvalue weighted by Crippen LogP contribution is -2.17. The summed E-state index contributed by atoms with van der Waals surface area (Å²) < 4.78 is 16.1. The number of hydrogen-bond donors (Lipinski definition) is 1. The number of aryl methyl sites for hydroxylation is 1. The molecule has 0 radical (unpaired) electrons. The third-order valence-electron chi connectivity index (χ3n) is 2.66. The fraction of sp³-hybridized carbons (Fsp3) is 0.308. The molecule has 1 heterocycles. The highest BCUT2D eigenvalue weighted by Crippen LogP contribution is 2.14. The molecular weight excluding hydrogens is 297 g/mol. The number of halogens is 2. The van der Waals surface area contributed by atoms with Crippen LogP contribution in [0.3, 0.4) is 0 Å².